The van der Waals surface area contributed by atoms with Crippen LogP contribution in [0.5, 0.6) is 0 Å². The van der Waals surface area contributed by atoms with Gasteiger partial charge in [0.15, 0.2) is 0 Å². The standard InChI is InChI=1S/C15H29NO/c1-13-8-6-7-11-15(13,12-17)16-14-9-4-2-3-5-10-14/h13-14,16-17H,2-12H2,1H3. The first-order valence-electron chi connectivity index (χ1n) is 7.65. The Labute approximate surface area is 106 Å². The SMILES string of the molecule is CC1CCCCC1(CO)NC1CCCCCC1. The van der Waals surface area contributed by atoms with Crippen LogP contribution in [0.25, 0.3) is 0 Å². The van der Waals surface area contributed by atoms with E-state index in [0.29, 0.717) is 18.6 Å². The van der Waals surface area contributed by atoms with Gasteiger partial charge in [-0.2, -0.15) is 0 Å². The van der Waals surface area contributed by atoms with Crippen LogP contribution in [-0.4, -0.2) is 23.3 Å². The molecule has 2 rings (SSSR count). The highest BCUT2D eigenvalue weighted by molar-refractivity contribution is 4.97. The first kappa shape index (κ1) is 13.4. The van der Waals surface area contributed by atoms with E-state index in [1.54, 1.807) is 0 Å². The molecular formula is C15H29NO. The summed E-state index contributed by atoms with van der Waals surface area (Å²) in [5.41, 5.74) is 0.0350. The number of nitrogens with one attached hydrogen (secondary N) is 1. The molecule has 2 unspecified atom stereocenters. The third-order valence-electron chi connectivity index (χ3n) is 5.08. The topological polar surface area (TPSA) is 32.3 Å². The second-order valence-corrected chi connectivity index (χ2v) is 6.29. The molecule has 0 heterocycles. The molecule has 2 aliphatic carbocycles. The molecule has 2 N–H and O–H groups in total. The minimum Gasteiger partial charge on any atom is -0.394 e. The fourth-order valence-corrected chi connectivity index (χ4v) is 3.74. The molecule has 2 atom stereocenters. The maximum Gasteiger partial charge on any atom is 0.0616 e. The zero-order chi connectivity index (χ0) is 12.1. The van der Waals surface area contributed by atoms with E-state index >= 15 is 0 Å². The summed E-state index contributed by atoms with van der Waals surface area (Å²) in [5.74, 6) is 0.629. The third kappa shape index (κ3) is 3.23. The summed E-state index contributed by atoms with van der Waals surface area (Å²) in [5, 5.41) is 13.7. The first-order chi connectivity index (χ1) is 8.27. The van der Waals surface area contributed by atoms with Crippen molar-refractivity contribution in [3.8, 4) is 0 Å². The third-order valence-corrected chi connectivity index (χ3v) is 5.08. The second-order valence-electron chi connectivity index (χ2n) is 6.29. The number of aliphatic hydroxyl groups is 1. The Morgan fingerprint density at radius 1 is 1.00 bits per heavy atom. The second kappa shape index (κ2) is 6.19. The van der Waals surface area contributed by atoms with Crippen molar-refractivity contribution in [1.29, 1.82) is 0 Å². The summed E-state index contributed by atoms with van der Waals surface area (Å²) < 4.78 is 0. The lowest BCUT2D eigenvalue weighted by Gasteiger charge is -2.44. The fraction of sp³-hybridized carbons (Fsp3) is 1.00. The molecule has 0 aliphatic heterocycles. The van der Waals surface area contributed by atoms with Crippen molar-refractivity contribution < 1.29 is 5.11 Å². The van der Waals surface area contributed by atoms with Gasteiger partial charge in [-0.05, 0) is 31.6 Å². The van der Waals surface area contributed by atoms with Gasteiger partial charge in [-0.15, -0.1) is 0 Å². The lowest BCUT2D eigenvalue weighted by Crippen LogP contribution is -2.58. The molecule has 0 saturated heterocycles. The zero-order valence-electron chi connectivity index (χ0n) is 11.4. The molecule has 0 radical (unpaired) electrons. The lowest BCUT2D eigenvalue weighted by atomic mass is 9.73. The van der Waals surface area contributed by atoms with Crippen molar-refractivity contribution in [1.82, 2.24) is 5.32 Å². The maximum atomic E-state index is 9.85. The van der Waals surface area contributed by atoms with Crippen molar-refractivity contribution in [2.75, 3.05) is 6.61 Å². The molecule has 0 aromatic carbocycles. The quantitative estimate of drug-likeness (QED) is 0.741. The molecule has 2 nitrogen and oxygen atoms in total. The Balaban J connectivity index is 1.96. The highest BCUT2D eigenvalue weighted by Gasteiger charge is 2.38. The Bertz CT molecular complexity index is 223. The van der Waals surface area contributed by atoms with E-state index in [4.69, 9.17) is 0 Å². The molecule has 100 valence electrons. The monoisotopic (exact) mass is 239 g/mol. The summed E-state index contributed by atoms with van der Waals surface area (Å²) in [7, 11) is 0. The van der Waals surface area contributed by atoms with Crippen molar-refractivity contribution in [2.24, 2.45) is 5.92 Å². The summed E-state index contributed by atoms with van der Waals surface area (Å²) in [6.45, 7) is 2.64. The predicted molar refractivity (Wildman–Crippen MR) is 72.1 cm³/mol. The number of hydrogen-bond donors (Lipinski definition) is 2. The van der Waals surface area contributed by atoms with Crippen molar-refractivity contribution >= 4 is 0 Å². The van der Waals surface area contributed by atoms with Crippen LogP contribution in [0, 0.1) is 5.92 Å². The van der Waals surface area contributed by atoms with Gasteiger partial charge in [0.1, 0.15) is 0 Å². The molecule has 2 aliphatic rings. The Morgan fingerprint density at radius 2 is 1.65 bits per heavy atom. The van der Waals surface area contributed by atoms with Crippen LogP contribution in [0.2, 0.25) is 0 Å². The number of aliphatic hydroxyl groups excluding tert-OH is 1. The highest BCUT2D eigenvalue weighted by Crippen LogP contribution is 2.34. The largest absolute Gasteiger partial charge is 0.394 e. The van der Waals surface area contributed by atoms with E-state index in [1.165, 1.54) is 64.2 Å². The summed E-state index contributed by atoms with van der Waals surface area (Å²) in [4.78, 5) is 0. The van der Waals surface area contributed by atoms with Crippen LogP contribution in [-0.2, 0) is 0 Å². The minimum atomic E-state index is 0.0350. The van der Waals surface area contributed by atoms with Crippen LogP contribution in [0.4, 0.5) is 0 Å². The lowest BCUT2D eigenvalue weighted by molar-refractivity contribution is 0.0613. The molecule has 2 saturated carbocycles. The highest BCUT2D eigenvalue weighted by atomic mass is 16.3. The minimum absolute atomic E-state index is 0.0350. The van der Waals surface area contributed by atoms with Gasteiger partial charge < -0.3 is 10.4 Å². The van der Waals surface area contributed by atoms with Crippen LogP contribution in [0.15, 0.2) is 0 Å². The van der Waals surface area contributed by atoms with E-state index in [2.05, 4.69) is 12.2 Å². The van der Waals surface area contributed by atoms with Gasteiger partial charge in [-0.1, -0.05) is 45.4 Å². The average Bonchev–Trinajstić information content (AvgIpc) is 2.61. The molecule has 0 aromatic rings. The van der Waals surface area contributed by atoms with E-state index < -0.39 is 0 Å². The Hall–Kier alpha value is -0.0800. The smallest absolute Gasteiger partial charge is 0.0616 e. The average molecular weight is 239 g/mol. The van der Waals surface area contributed by atoms with Crippen LogP contribution in [0.3, 0.4) is 0 Å². The fourth-order valence-electron chi connectivity index (χ4n) is 3.74. The van der Waals surface area contributed by atoms with Crippen LogP contribution in [0.1, 0.15) is 71.1 Å². The van der Waals surface area contributed by atoms with Gasteiger partial charge in [0.05, 0.1) is 6.61 Å². The van der Waals surface area contributed by atoms with E-state index in [0.717, 1.165) is 0 Å². The molecule has 0 bridgehead atoms. The molecule has 0 amide bonds. The summed E-state index contributed by atoms with van der Waals surface area (Å²) in [6, 6.07) is 0.658. The first-order valence-corrected chi connectivity index (χ1v) is 7.65. The van der Waals surface area contributed by atoms with E-state index in [9.17, 15) is 5.11 Å². The maximum absolute atomic E-state index is 9.85. The van der Waals surface area contributed by atoms with Crippen molar-refractivity contribution in [3.05, 3.63) is 0 Å². The van der Waals surface area contributed by atoms with Crippen LogP contribution >= 0.6 is 0 Å². The van der Waals surface area contributed by atoms with Gasteiger partial charge in [0.25, 0.3) is 0 Å². The number of hydrogen-bond acceptors (Lipinski definition) is 2. The molecule has 2 heteroatoms. The van der Waals surface area contributed by atoms with E-state index in [1.807, 2.05) is 0 Å². The van der Waals surface area contributed by atoms with Crippen molar-refractivity contribution in [2.45, 2.75) is 82.7 Å². The zero-order valence-corrected chi connectivity index (χ0v) is 11.4. The summed E-state index contributed by atoms with van der Waals surface area (Å²) >= 11 is 0. The van der Waals surface area contributed by atoms with Gasteiger partial charge in [-0.25, -0.2) is 0 Å². The Morgan fingerprint density at radius 3 is 2.24 bits per heavy atom. The van der Waals surface area contributed by atoms with Gasteiger partial charge in [0, 0.05) is 11.6 Å². The summed E-state index contributed by atoms with van der Waals surface area (Å²) in [6.07, 6.45) is 13.2. The molecular weight excluding hydrogens is 210 g/mol. The molecule has 0 aromatic heterocycles. The molecule has 2 fully saturated rings. The van der Waals surface area contributed by atoms with Crippen molar-refractivity contribution in [3.63, 3.8) is 0 Å². The molecule has 17 heavy (non-hydrogen) atoms. The Kier molecular flexibility index (Phi) is 4.87. The van der Waals surface area contributed by atoms with E-state index in [-0.39, 0.29) is 5.54 Å². The predicted octanol–water partition coefficient (Wildman–Crippen LogP) is 3.24. The normalized spacial score (nSPS) is 36.7. The number of rotatable bonds is 3. The van der Waals surface area contributed by atoms with Gasteiger partial charge in [-0.3, -0.25) is 0 Å². The molecule has 0 spiro atoms. The van der Waals surface area contributed by atoms with Crippen LogP contribution < -0.4 is 5.32 Å². The van der Waals surface area contributed by atoms with Gasteiger partial charge in [0.2, 0.25) is 0 Å². The van der Waals surface area contributed by atoms with Gasteiger partial charge >= 0.3 is 0 Å².